The summed E-state index contributed by atoms with van der Waals surface area (Å²) in [5, 5.41) is 10.7. The molecule has 0 heterocycles. The standard InChI is InChI=1S/C30H41N3O/c1-34-30-17-16-27(24-29(30)33-25-28-14-8-5-9-15-28)19-23-32-21-11-3-2-10-20-31-22-18-26-12-6-4-7-13-26/h4-9,12-17,24,31-33H,2-3,10-11,18-23,25H2,1H3. The highest BCUT2D eigenvalue weighted by atomic mass is 16.5. The molecular weight excluding hydrogens is 418 g/mol. The van der Waals surface area contributed by atoms with E-state index in [4.69, 9.17) is 4.74 Å². The van der Waals surface area contributed by atoms with Gasteiger partial charge in [0.2, 0.25) is 0 Å². The maximum absolute atomic E-state index is 5.54. The fourth-order valence-electron chi connectivity index (χ4n) is 4.06. The van der Waals surface area contributed by atoms with Gasteiger partial charge in [-0.1, -0.05) is 79.6 Å². The van der Waals surface area contributed by atoms with Crippen LogP contribution in [0.2, 0.25) is 0 Å². The third-order valence-electron chi connectivity index (χ3n) is 6.07. The number of hydrogen-bond acceptors (Lipinski definition) is 4. The Morgan fingerprint density at radius 3 is 1.79 bits per heavy atom. The highest BCUT2D eigenvalue weighted by molar-refractivity contribution is 5.58. The Labute approximate surface area is 206 Å². The first-order chi connectivity index (χ1) is 16.8. The first-order valence-corrected chi connectivity index (χ1v) is 12.8. The molecule has 3 aromatic carbocycles. The van der Waals surface area contributed by atoms with E-state index in [1.807, 2.05) is 6.07 Å². The molecule has 3 aromatic rings. The summed E-state index contributed by atoms with van der Waals surface area (Å²) in [5.41, 5.74) is 5.06. The Kier molecular flexibility index (Phi) is 12.1. The first kappa shape index (κ1) is 25.8. The van der Waals surface area contributed by atoms with Crippen LogP contribution in [0, 0.1) is 0 Å². The molecule has 0 saturated heterocycles. The molecule has 0 bridgehead atoms. The number of nitrogens with one attached hydrogen (secondary N) is 3. The highest BCUT2D eigenvalue weighted by Gasteiger charge is 2.05. The van der Waals surface area contributed by atoms with Gasteiger partial charge in [0.05, 0.1) is 12.8 Å². The van der Waals surface area contributed by atoms with Crippen LogP contribution < -0.4 is 20.7 Å². The van der Waals surface area contributed by atoms with E-state index in [2.05, 4.69) is 88.7 Å². The lowest BCUT2D eigenvalue weighted by Crippen LogP contribution is -2.19. The predicted octanol–water partition coefficient (Wildman–Crippen LogP) is 5.83. The molecular formula is C30H41N3O. The smallest absolute Gasteiger partial charge is 0.141 e. The fraction of sp³-hybridized carbons (Fsp3) is 0.400. The molecule has 3 rings (SSSR count). The van der Waals surface area contributed by atoms with Gasteiger partial charge in [0.25, 0.3) is 0 Å². The molecule has 34 heavy (non-hydrogen) atoms. The van der Waals surface area contributed by atoms with Crippen molar-refractivity contribution in [2.45, 2.75) is 45.1 Å². The van der Waals surface area contributed by atoms with Crippen molar-refractivity contribution < 1.29 is 4.74 Å². The summed E-state index contributed by atoms with van der Waals surface area (Å²) < 4.78 is 5.54. The number of methoxy groups -OCH3 is 1. The zero-order chi connectivity index (χ0) is 23.7. The van der Waals surface area contributed by atoms with Crippen LogP contribution in [0.5, 0.6) is 5.75 Å². The maximum Gasteiger partial charge on any atom is 0.141 e. The molecule has 0 amide bonds. The van der Waals surface area contributed by atoms with Gasteiger partial charge in [-0.3, -0.25) is 0 Å². The Balaban J connectivity index is 1.21. The molecule has 4 nitrogen and oxygen atoms in total. The van der Waals surface area contributed by atoms with Crippen molar-refractivity contribution >= 4 is 5.69 Å². The summed E-state index contributed by atoms with van der Waals surface area (Å²) in [4.78, 5) is 0. The second-order valence-corrected chi connectivity index (χ2v) is 8.77. The second-order valence-electron chi connectivity index (χ2n) is 8.77. The molecule has 0 radical (unpaired) electrons. The van der Waals surface area contributed by atoms with E-state index >= 15 is 0 Å². The number of rotatable bonds is 17. The van der Waals surface area contributed by atoms with E-state index in [-0.39, 0.29) is 0 Å². The third kappa shape index (κ3) is 9.98. The molecule has 0 unspecified atom stereocenters. The van der Waals surface area contributed by atoms with Crippen LogP contribution in [0.25, 0.3) is 0 Å². The lowest BCUT2D eigenvalue weighted by molar-refractivity contribution is 0.416. The van der Waals surface area contributed by atoms with Gasteiger partial charge >= 0.3 is 0 Å². The van der Waals surface area contributed by atoms with Gasteiger partial charge in [0, 0.05) is 6.54 Å². The van der Waals surface area contributed by atoms with Crippen molar-refractivity contribution in [2.75, 3.05) is 38.6 Å². The second kappa shape index (κ2) is 15.9. The van der Waals surface area contributed by atoms with Crippen LogP contribution in [-0.2, 0) is 19.4 Å². The summed E-state index contributed by atoms with van der Waals surface area (Å²) in [6.45, 7) is 5.09. The van der Waals surface area contributed by atoms with Crippen molar-refractivity contribution in [1.82, 2.24) is 10.6 Å². The lowest BCUT2D eigenvalue weighted by atomic mass is 10.1. The highest BCUT2D eigenvalue weighted by Crippen LogP contribution is 2.26. The summed E-state index contributed by atoms with van der Waals surface area (Å²) in [5.74, 6) is 0.891. The summed E-state index contributed by atoms with van der Waals surface area (Å²) >= 11 is 0. The van der Waals surface area contributed by atoms with Gasteiger partial charge in [-0.25, -0.2) is 0 Å². The Morgan fingerprint density at radius 1 is 0.588 bits per heavy atom. The molecule has 0 saturated carbocycles. The number of hydrogen-bond donors (Lipinski definition) is 3. The zero-order valence-electron chi connectivity index (χ0n) is 20.7. The van der Waals surface area contributed by atoms with Gasteiger partial charge in [-0.2, -0.15) is 0 Å². The number of ether oxygens (including phenoxy) is 1. The number of anilines is 1. The molecule has 0 aromatic heterocycles. The summed E-state index contributed by atoms with van der Waals surface area (Å²) in [6, 6.07) is 27.6. The topological polar surface area (TPSA) is 45.3 Å². The molecule has 182 valence electrons. The van der Waals surface area contributed by atoms with Crippen molar-refractivity contribution in [3.63, 3.8) is 0 Å². The van der Waals surface area contributed by atoms with Crippen molar-refractivity contribution in [3.8, 4) is 5.75 Å². The molecule has 0 aliphatic rings. The fourth-order valence-corrected chi connectivity index (χ4v) is 4.06. The van der Waals surface area contributed by atoms with E-state index in [1.54, 1.807) is 7.11 Å². The van der Waals surface area contributed by atoms with Crippen LogP contribution in [-0.4, -0.2) is 33.3 Å². The molecule has 0 aliphatic heterocycles. The Morgan fingerprint density at radius 2 is 1.18 bits per heavy atom. The maximum atomic E-state index is 5.54. The van der Waals surface area contributed by atoms with Gasteiger partial charge in [0.15, 0.2) is 0 Å². The zero-order valence-corrected chi connectivity index (χ0v) is 20.7. The average Bonchev–Trinajstić information content (AvgIpc) is 2.89. The van der Waals surface area contributed by atoms with Gasteiger partial charge in [-0.15, -0.1) is 0 Å². The number of unbranched alkanes of at least 4 members (excludes halogenated alkanes) is 3. The van der Waals surface area contributed by atoms with E-state index in [0.717, 1.165) is 57.0 Å². The molecule has 3 N–H and O–H groups in total. The Bertz CT molecular complexity index is 915. The van der Waals surface area contributed by atoms with E-state index in [0.29, 0.717) is 0 Å². The van der Waals surface area contributed by atoms with Crippen LogP contribution in [0.4, 0.5) is 5.69 Å². The van der Waals surface area contributed by atoms with E-state index < -0.39 is 0 Å². The normalized spacial score (nSPS) is 10.9. The van der Waals surface area contributed by atoms with Crippen LogP contribution >= 0.6 is 0 Å². The van der Waals surface area contributed by atoms with Crippen molar-refractivity contribution in [3.05, 3.63) is 95.6 Å². The molecule has 0 spiro atoms. The van der Waals surface area contributed by atoms with Gasteiger partial charge in [-0.05, 0) is 80.7 Å². The van der Waals surface area contributed by atoms with Crippen molar-refractivity contribution in [2.24, 2.45) is 0 Å². The van der Waals surface area contributed by atoms with E-state index in [1.165, 1.54) is 42.4 Å². The minimum Gasteiger partial charge on any atom is -0.495 e. The predicted molar refractivity (Wildman–Crippen MR) is 145 cm³/mol. The molecule has 0 aliphatic carbocycles. The summed E-state index contributed by atoms with van der Waals surface area (Å²) in [7, 11) is 1.73. The SMILES string of the molecule is COc1ccc(CCNCCCCCCNCCc2ccccc2)cc1NCc1ccccc1. The Hall–Kier alpha value is -2.82. The monoisotopic (exact) mass is 459 g/mol. The number of benzene rings is 3. The molecule has 0 atom stereocenters. The minimum atomic E-state index is 0.793. The minimum absolute atomic E-state index is 0.793. The average molecular weight is 460 g/mol. The first-order valence-electron chi connectivity index (χ1n) is 12.8. The van der Waals surface area contributed by atoms with E-state index in [9.17, 15) is 0 Å². The van der Waals surface area contributed by atoms with Crippen molar-refractivity contribution in [1.29, 1.82) is 0 Å². The van der Waals surface area contributed by atoms with Gasteiger partial charge < -0.3 is 20.7 Å². The largest absolute Gasteiger partial charge is 0.495 e. The quantitative estimate of drug-likeness (QED) is 0.222. The van der Waals surface area contributed by atoms with Crippen LogP contribution in [0.15, 0.2) is 78.9 Å². The van der Waals surface area contributed by atoms with Crippen LogP contribution in [0.3, 0.4) is 0 Å². The van der Waals surface area contributed by atoms with Crippen LogP contribution in [0.1, 0.15) is 42.4 Å². The molecule has 0 fully saturated rings. The van der Waals surface area contributed by atoms with Gasteiger partial charge in [0.1, 0.15) is 5.75 Å². The lowest BCUT2D eigenvalue weighted by Gasteiger charge is -2.13. The third-order valence-corrected chi connectivity index (χ3v) is 6.07. The summed E-state index contributed by atoms with van der Waals surface area (Å²) in [6.07, 6.45) is 7.24. The molecule has 4 heteroatoms.